The van der Waals surface area contributed by atoms with Crippen molar-refractivity contribution in [3.63, 3.8) is 0 Å². The fourth-order valence-electron chi connectivity index (χ4n) is 6.74. The van der Waals surface area contributed by atoms with Crippen LogP contribution in [0.25, 0.3) is 5.70 Å². The van der Waals surface area contributed by atoms with Gasteiger partial charge in [0.05, 0.1) is 39.9 Å². The SMILES string of the molecule is C=CCCC(C(=C)NC)N1C(=O)c2cccc(NCCCCCNC(=C)c3sc(C)c(C(=NC(CC(=O)O)/C(C)=N/N=C(C)C)c4ccc(C)cc4)c3C)c2C1=O. The smallest absolute Gasteiger partial charge is 0.305 e. The number of aliphatic carboxylic acids is 1. The maximum absolute atomic E-state index is 13.7. The van der Waals surface area contributed by atoms with Crippen molar-refractivity contribution in [3.8, 4) is 0 Å². The van der Waals surface area contributed by atoms with E-state index in [1.165, 1.54) is 4.90 Å². The van der Waals surface area contributed by atoms with Crippen LogP contribution in [0.5, 0.6) is 0 Å². The molecule has 3 aromatic rings. The van der Waals surface area contributed by atoms with Gasteiger partial charge in [0.1, 0.15) is 6.04 Å². The van der Waals surface area contributed by atoms with Crippen LogP contribution in [0.4, 0.5) is 5.69 Å². The topological polar surface area (TPSA) is 148 Å². The first kappa shape index (κ1) is 44.1. The quantitative estimate of drug-likeness (QED) is 0.0262. The number of likely N-dealkylation sites (N-methyl/N-ethyl adjacent to an activating group) is 1. The summed E-state index contributed by atoms with van der Waals surface area (Å²) in [5.41, 5.74) is 8.89. The zero-order valence-electron chi connectivity index (χ0n) is 34.4. The van der Waals surface area contributed by atoms with Crippen LogP contribution in [0.3, 0.4) is 0 Å². The van der Waals surface area contributed by atoms with E-state index < -0.39 is 18.1 Å². The van der Waals surface area contributed by atoms with Gasteiger partial charge in [-0.25, -0.2) is 0 Å². The fourth-order valence-corrected chi connectivity index (χ4v) is 7.85. The van der Waals surface area contributed by atoms with Gasteiger partial charge in [0.25, 0.3) is 11.8 Å². The van der Waals surface area contributed by atoms with Crippen molar-refractivity contribution < 1.29 is 19.5 Å². The van der Waals surface area contributed by atoms with Gasteiger partial charge in [-0.3, -0.25) is 24.3 Å². The number of anilines is 1. The third kappa shape index (κ3) is 11.0. The van der Waals surface area contributed by atoms with E-state index in [0.717, 1.165) is 69.2 Å². The van der Waals surface area contributed by atoms with Gasteiger partial charge in [-0.05, 0) is 91.3 Å². The van der Waals surface area contributed by atoms with Gasteiger partial charge < -0.3 is 21.1 Å². The minimum Gasteiger partial charge on any atom is -0.481 e. The summed E-state index contributed by atoms with van der Waals surface area (Å²) >= 11 is 1.64. The highest BCUT2D eigenvalue weighted by Crippen LogP contribution is 2.35. The second-order valence-electron chi connectivity index (χ2n) is 14.5. The van der Waals surface area contributed by atoms with E-state index in [2.05, 4.69) is 59.7 Å². The molecule has 12 heteroatoms. The first-order chi connectivity index (χ1) is 27.2. The number of carbonyl (C=O) groups excluding carboxylic acids is 2. The zero-order chi connectivity index (χ0) is 41.8. The normalized spacial score (nSPS) is 13.8. The predicted molar refractivity (Wildman–Crippen MR) is 236 cm³/mol. The Labute approximate surface area is 341 Å². The summed E-state index contributed by atoms with van der Waals surface area (Å²) in [6, 6.07) is 12.3. The molecule has 0 aliphatic carbocycles. The number of hydrogen-bond acceptors (Lipinski definition) is 10. The third-order valence-electron chi connectivity index (χ3n) is 9.83. The molecule has 1 aliphatic heterocycles. The molecule has 0 spiro atoms. The first-order valence-electron chi connectivity index (χ1n) is 19.4. The lowest BCUT2D eigenvalue weighted by molar-refractivity contribution is -0.137. The molecule has 0 saturated heterocycles. The number of allylic oxidation sites excluding steroid dienone is 1. The Morgan fingerprint density at radius 2 is 1.67 bits per heavy atom. The number of thiophene rings is 1. The molecule has 2 unspecified atom stereocenters. The van der Waals surface area contributed by atoms with Crippen LogP contribution < -0.4 is 16.0 Å². The lowest BCUT2D eigenvalue weighted by Crippen LogP contribution is -2.43. The van der Waals surface area contributed by atoms with E-state index in [1.807, 2.05) is 51.1 Å². The number of nitrogens with zero attached hydrogens (tertiary/aromatic N) is 4. The van der Waals surface area contributed by atoms with E-state index >= 15 is 0 Å². The minimum atomic E-state index is -0.964. The second-order valence-corrected chi connectivity index (χ2v) is 15.7. The van der Waals surface area contributed by atoms with E-state index in [4.69, 9.17) is 4.99 Å². The molecule has 4 rings (SSSR count). The lowest BCUT2D eigenvalue weighted by Gasteiger charge is -2.27. The molecule has 1 aromatic heterocycles. The number of hydrogen-bond donors (Lipinski definition) is 4. The third-order valence-corrected chi connectivity index (χ3v) is 11.1. The number of aliphatic imine (C=N–C) groups is 1. The fraction of sp³-hybridized carbons (Fsp3) is 0.378. The number of unbranched alkanes of at least 4 members (excludes halogenated alkanes) is 2. The Bertz CT molecular complexity index is 2090. The Kier molecular flexibility index (Phi) is 15.9. The van der Waals surface area contributed by atoms with Gasteiger partial charge in [-0.1, -0.05) is 55.1 Å². The van der Waals surface area contributed by atoms with E-state index in [1.54, 1.807) is 43.5 Å². The van der Waals surface area contributed by atoms with Gasteiger partial charge in [0, 0.05) is 58.9 Å². The van der Waals surface area contributed by atoms with Crippen molar-refractivity contribution in [1.29, 1.82) is 0 Å². The van der Waals surface area contributed by atoms with Crippen LogP contribution in [0, 0.1) is 20.8 Å². The molecule has 0 fully saturated rings. The van der Waals surface area contributed by atoms with Crippen molar-refractivity contribution in [2.24, 2.45) is 15.2 Å². The number of aryl methyl sites for hydroxylation is 2. The van der Waals surface area contributed by atoms with Crippen LogP contribution in [-0.2, 0) is 4.79 Å². The number of benzene rings is 2. The standard InChI is InChI=1S/C45H57N7O4S/c1-11-12-19-38(31(7)46-10)52-44(55)35-17-16-18-36(41(35)45(52)56)48-25-15-13-14-24-47-32(8)43-29(5)40(33(9)57-43)42(34-22-20-28(4)21-23-34)49-37(26-39(53)54)30(6)51-50-27(2)3/h11,16-18,20-23,37-38,46-48H,1,7-8,12-15,19,24-26H2,2-6,9-10H3,(H,53,54)/b49-42?,51-30+. The summed E-state index contributed by atoms with van der Waals surface area (Å²) in [4.78, 5) is 47.5. The van der Waals surface area contributed by atoms with Gasteiger partial charge in [0.2, 0.25) is 0 Å². The summed E-state index contributed by atoms with van der Waals surface area (Å²) in [7, 11) is 1.74. The lowest BCUT2D eigenvalue weighted by atomic mass is 9.96. The maximum atomic E-state index is 13.7. The van der Waals surface area contributed by atoms with E-state index in [-0.39, 0.29) is 18.2 Å². The summed E-state index contributed by atoms with van der Waals surface area (Å²) in [5, 5.41) is 28.2. The molecule has 302 valence electrons. The highest BCUT2D eigenvalue weighted by atomic mass is 32.1. The van der Waals surface area contributed by atoms with Gasteiger partial charge >= 0.3 is 5.97 Å². The molecule has 57 heavy (non-hydrogen) atoms. The molecule has 2 aromatic carbocycles. The van der Waals surface area contributed by atoms with Crippen molar-refractivity contribution in [2.45, 2.75) is 92.2 Å². The summed E-state index contributed by atoms with van der Waals surface area (Å²) in [6.07, 6.45) is 5.45. The summed E-state index contributed by atoms with van der Waals surface area (Å²) in [6.45, 7) is 25.2. The van der Waals surface area contributed by atoms with Crippen molar-refractivity contribution in [2.75, 3.05) is 25.5 Å². The average molecular weight is 792 g/mol. The molecule has 2 atom stereocenters. The zero-order valence-corrected chi connectivity index (χ0v) is 35.2. The number of carboxylic acid groups (broad SMARTS) is 1. The van der Waals surface area contributed by atoms with E-state index in [0.29, 0.717) is 53.3 Å². The summed E-state index contributed by atoms with van der Waals surface area (Å²) in [5.74, 6) is -1.59. The monoisotopic (exact) mass is 791 g/mol. The van der Waals surface area contributed by atoms with Crippen molar-refractivity contribution in [3.05, 3.63) is 117 Å². The number of carbonyl (C=O) groups is 3. The molecule has 0 radical (unpaired) electrons. The van der Waals surface area contributed by atoms with Crippen LogP contribution in [0.15, 0.2) is 89.2 Å². The highest BCUT2D eigenvalue weighted by molar-refractivity contribution is 7.13. The van der Waals surface area contributed by atoms with Crippen LogP contribution in [0.1, 0.15) is 112 Å². The number of fused-ring (bicyclic) bond motifs is 1. The van der Waals surface area contributed by atoms with Gasteiger partial charge in [-0.15, -0.1) is 17.9 Å². The molecule has 0 saturated carbocycles. The van der Waals surface area contributed by atoms with Crippen LogP contribution in [0.2, 0.25) is 0 Å². The molecule has 2 amide bonds. The molecule has 4 N–H and O–H groups in total. The number of carboxylic acids is 1. The largest absolute Gasteiger partial charge is 0.481 e. The second kappa shape index (κ2) is 20.5. The number of rotatable bonds is 22. The Hall–Kier alpha value is -5.62. The number of amides is 2. The van der Waals surface area contributed by atoms with Crippen molar-refractivity contribution in [1.82, 2.24) is 15.5 Å². The first-order valence-corrected chi connectivity index (χ1v) is 20.2. The Morgan fingerprint density at radius 1 is 0.965 bits per heavy atom. The van der Waals surface area contributed by atoms with Crippen molar-refractivity contribution >= 4 is 57.6 Å². The summed E-state index contributed by atoms with van der Waals surface area (Å²) < 4.78 is 0. The Balaban J connectivity index is 1.41. The Morgan fingerprint density at radius 3 is 2.32 bits per heavy atom. The predicted octanol–water partition coefficient (Wildman–Crippen LogP) is 8.72. The molecular weight excluding hydrogens is 735 g/mol. The molecule has 11 nitrogen and oxygen atoms in total. The van der Waals surface area contributed by atoms with Gasteiger partial charge in [-0.2, -0.15) is 10.2 Å². The maximum Gasteiger partial charge on any atom is 0.305 e. The molecule has 1 aliphatic rings. The number of imide groups is 1. The molecule has 2 heterocycles. The van der Waals surface area contributed by atoms with Crippen LogP contribution in [-0.4, -0.2) is 77.1 Å². The minimum absolute atomic E-state index is 0.212. The molecular formula is C45H57N7O4S. The van der Waals surface area contributed by atoms with Crippen LogP contribution >= 0.6 is 11.3 Å². The van der Waals surface area contributed by atoms with Gasteiger partial charge in [0.15, 0.2) is 0 Å². The average Bonchev–Trinajstić information content (AvgIpc) is 3.62. The highest BCUT2D eigenvalue weighted by Gasteiger charge is 2.42. The molecule has 0 bridgehead atoms. The van der Waals surface area contributed by atoms with E-state index in [9.17, 15) is 19.5 Å². The number of nitrogens with one attached hydrogen (secondary N) is 3.